The van der Waals surface area contributed by atoms with Crippen LogP contribution in [0.5, 0.6) is 0 Å². The van der Waals surface area contributed by atoms with E-state index in [4.69, 9.17) is 5.73 Å². The molecule has 3 nitrogen and oxygen atoms in total. The van der Waals surface area contributed by atoms with Crippen LogP contribution in [0.1, 0.15) is 39.0 Å². The molecule has 13 heavy (non-hydrogen) atoms. The number of nitrogens with two attached hydrogens (primary N) is 1. The summed E-state index contributed by atoms with van der Waals surface area (Å²) in [5.74, 6) is 0.656. The van der Waals surface area contributed by atoms with E-state index >= 15 is 0 Å². The zero-order valence-electron chi connectivity index (χ0n) is 8.38. The lowest BCUT2D eigenvalue weighted by molar-refractivity contribution is -0.120. The first-order valence-corrected chi connectivity index (χ1v) is 5.21. The van der Waals surface area contributed by atoms with Crippen molar-refractivity contribution in [3.63, 3.8) is 0 Å². The SMILES string of the molecule is CC(=O)NC(CN)C1CCCCC1. The zero-order chi connectivity index (χ0) is 9.68. The molecule has 1 aliphatic rings. The molecule has 0 spiro atoms. The summed E-state index contributed by atoms with van der Waals surface area (Å²) in [6.07, 6.45) is 6.37. The molecule has 76 valence electrons. The molecule has 3 heteroatoms. The number of rotatable bonds is 3. The molecule has 1 atom stereocenters. The van der Waals surface area contributed by atoms with Crippen LogP contribution in [0.25, 0.3) is 0 Å². The molecule has 0 radical (unpaired) electrons. The highest BCUT2D eigenvalue weighted by atomic mass is 16.1. The van der Waals surface area contributed by atoms with Gasteiger partial charge in [0.2, 0.25) is 5.91 Å². The van der Waals surface area contributed by atoms with E-state index in [0.717, 1.165) is 0 Å². The second kappa shape index (κ2) is 5.22. The molecule has 1 fully saturated rings. The number of hydrogen-bond donors (Lipinski definition) is 2. The van der Waals surface area contributed by atoms with E-state index in [1.807, 2.05) is 0 Å². The Morgan fingerprint density at radius 1 is 1.46 bits per heavy atom. The number of nitrogens with one attached hydrogen (secondary N) is 1. The summed E-state index contributed by atoms with van der Waals surface area (Å²) in [6.45, 7) is 2.13. The molecule has 0 bridgehead atoms. The Hall–Kier alpha value is -0.570. The Bertz CT molecular complexity index is 164. The molecular formula is C10H20N2O. The van der Waals surface area contributed by atoms with Crippen molar-refractivity contribution in [3.05, 3.63) is 0 Å². The highest BCUT2D eigenvalue weighted by Gasteiger charge is 2.22. The van der Waals surface area contributed by atoms with E-state index in [9.17, 15) is 4.79 Å². The smallest absolute Gasteiger partial charge is 0.217 e. The maximum atomic E-state index is 10.9. The van der Waals surface area contributed by atoms with E-state index < -0.39 is 0 Å². The van der Waals surface area contributed by atoms with E-state index in [-0.39, 0.29) is 11.9 Å². The molecule has 1 saturated carbocycles. The minimum absolute atomic E-state index is 0.0426. The van der Waals surface area contributed by atoms with Gasteiger partial charge in [-0.05, 0) is 18.8 Å². The summed E-state index contributed by atoms with van der Waals surface area (Å²) in [5.41, 5.74) is 5.64. The highest BCUT2D eigenvalue weighted by Crippen LogP contribution is 2.25. The minimum atomic E-state index is 0.0426. The van der Waals surface area contributed by atoms with Crippen LogP contribution < -0.4 is 11.1 Å². The topological polar surface area (TPSA) is 55.1 Å². The first-order chi connectivity index (χ1) is 6.24. The third-order valence-corrected chi connectivity index (χ3v) is 2.86. The van der Waals surface area contributed by atoms with Crippen molar-refractivity contribution in [2.45, 2.75) is 45.1 Å². The zero-order valence-corrected chi connectivity index (χ0v) is 8.38. The van der Waals surface area contributed by atoms with Gasteiger partial charge in [0, 0.05) is 19.5 Å². The van der Waals surface area contributed by atoms with E-state index in [0.29, 0.717) is 12.5 Å². The van der Waals surface area contributed by atoms with Crippen molar-refractivity contribution in [3.8, 4) is 0 Å². The molecule has 0 aromatic carbocycles. The van der Waals surface area contributed by atoms with Crippen LogP contribution in [0, 0.1) is 5.92 Å². The molecule has 1 unspecified atom stereocenters. The number of amides is 1. The van der Waals surface area contributed by atoms with Crippen LogP contribution in [-0.4, -0.2) is 18.5 Å². The predicted molar refractivity (Wildman–Crippen MR) is 53.2 cm³/mol. The summed E-state index contributed by atoms with van der Waals surface area (Å²) in [5, 5.41) is 2.94. The summed E-state index contributed by atoms with van der Waals surface area (Å²) in [4.78, 5) is 10.9. The van der Waals surface area contributed by atoms with E-state index in [1.165, 1.54) is 32.1 Å². The summed E-state index contributed by atoms with van der Waals surface area (Å²) in [6, 6.07) is 0.206. The number of carbonyl (C=O) groups is 1. The Morgan fingerprint density at radius 3 is 2.54 bits per heavy atom. The van der Waals surface area contributed by atoms with Crippen molar-refractivity contribution in [2.24, 2.45) is 11.7 Å². The summed E-state index contributed by atoms with van der Waals surface area (Å²) in [7, 11) is 0. The second-order valence-corrected chi connectivity index (χ2v) is 3.94. The fraction of sp³-hybridized carbons (Fsp3) is 0.900. The van der Waals surface area contributed by atoms with Gasteiger partial charge in [-0.1, -0.05) is 19.3 Å². The van der Waals surface area contributed by atoms with E-state index in [1.54, 1.807) is 6.92 Å². The monoisotopic (exact) mass is 184 g/mol. The van der Waals surface area contributed by atoms with Crippen molar-refractivity contribution in [2.75, 3.05) is 6.54 Å². The second-order valence-electron chi connectivity index (χ2n) is 3.94. The molecule has 0 saturated heterocycles. The van der Waals surface area contributed by atoms with Gasteiger partial charge in [-0.3, -0.25) is 4.79 Å². The van der Waals surface area contributed by atoms with Crippen LogP contribution in [0.4, 0.5) is 0 Å². The molecule has 0 aromatic heterocycles. The molecule has 1 rings (SSSR count). The van der Waals surface area contributed by atoms with Crippen molar-refractivity contribution >= 4 is 5.91 Å². The Balaban J connectivity index is 2.39. The maximum absolute atomic E-state index is 10.9. The number of carbonyl (C=O) groups excluding carboxylic acids is 1. The van der Waals surface area contributed by atoms with E-state index in [2.05, 4.69) is 5.32 Å². The van der Waals surface area contributed by atoms with Gasteiger partial charge >= 0.3 is 0 Å². The average molecular weight is 184 g/mol. The first-order valence-electron chi connectivity index (χ1n) is 5.21. The fourth-order valence-electron chi connectivity index (χ4n) is 2.17. The Labute approximate surface area is 80.1 Å². The quantitative estimate of drug-likeness (QED) is 0.688. The third-order valence-electron chi connectivity index (χ3n) is 2.86. The molecule has 0 heterocycles. The van der Waals surface area contributed by atoms with Gasteiger partial charge in [-0.15, -0.1) is 0 Å². The van der Waals surface area contributed by atoms with Gasteiger partial charge in [0.25, 0.3) is 0 Å². The lowest BCUT2D eigenvalue weighted by Gasteiger charge is -2.29. The first kappa shape index (κ1) is 10.5. The van der Waals surface area contributed by atoms with Gasteiger partial charge in [0.05, 0.1) is 0 Å². The number of hydrogen-bond acceptors (Lipinski definition) is 2. The van der Waals surface area contributed by atoms with Crippen LogP contribution in [0.3, 0.4) is 0 Å². The van der Waals surface area contributed by atoms with Gasteiger partial charge in [-0.25, -0.2) is 0 Å². The van der Waals surface area contributed by atoms with Crippen LogP contribution in [0.15, 0.2) is 0 Å². The van der Waals surface area contributed by atoms with Crippen molar-refractivity contribution in [1.29, 1.82) is 0 Å². The third kappa shape index (κ3) is 3.35. The Kier molecular flexibility index (Phi) is 4.22. The molecule has 1 amide bonds. The van der Waals surface area contributed by atoms with Crippen LogP contribution in [-0.2, 0) is 4.79 Å². The van der Waals surface area contributed by atoms with Crippen molar-refractivity contribution < 1.29 is 4.79 Å². The van der Waals surface area contributed by atoms with Gasteiger partial charge in [-0.2, -0.15) is 0 Å². The lowest BCUT2D eigenvalue weighted by Crippen LogP contribution is -2.45. The molecule has 3 N–H and O–H groups in total. The van der Waals surface area contributed by atoms with Crippen molar-refractivity contribution in [1.82, 2.24) is 5.32 Å². The molecular weight excluding hydrogens is 164 g/mol. The summed E-state index contributed by atoms with van der Waals surface area (Å²) >= 11 is 0. The fourth-order valence-corrected chi connectivity index (χ4v) is 2.17. The van der Waals surface area contributed by atoms with Crippen LogP contribution in [0.2, 0.25) is 0 Å². The average Bonchev–Trinajstić information content (AvgIpc) is 2.15. The van der Waals surface area contributed by atoms with Gasteiger partial charge in [0.15, 0.2) is 0 Å². The predicted octanol–water partition coefficient (Wildman–Crippen LogP) is 1.03. The molecule has 0 aliphatic heterocycles. The largest absolute Gasteiger partial charge is 0.352 e. The molecule has 1 aliphatic carbocycles. The van der Waals surface area contributed by atoms with Gasteiger partial charge in [0.1, 0.15) is 0 Å². The standard InChI is InChI=1S/C10H20N2O/c1-8(13)12-10(7-11)9-5-3-2-4-6-9/h9-10H,2-7,11H2,1H3,(H,12,13). The minimum Gasteiger partial charge on any atom is -0.352 e. The molecule has 0 aromatic rings. The van der Waals surface area contributed by atoms with Gasteiger partial charge < -0.3 is 11.1 Å². The highest BCUT2D eigenvalue weighted by molar-refractivity contribution is 5.73. The summed E-state index contributed by atoms with van der Waals surface area (Å²) < 4.78 is 0. The lowest BCUT2D eigenvalue weighted by atomic mass is 9.84. The Morgan fingerprint density at radius 2 is 2.08 bits per heavy atom. The normalized spacial score (nSPS) is 21.1. The van der Waals surface area contributed by atoms with Crippen LogP contribution >= 0.6 is 0 Å². The maximum Gasteiger partial charge on any atom is 0.217 e.